The smallest absolute Gasteiger partial charge is 0.358 e. The van der Waals surface area contributed by atoms with Gasteiger partial charge in [-0.2, -0.15) is 0 Å². The zero-order chi connectivity index (χ0) is 13.5. The molecule has 0 saturated carbocycles. The number of carbonyl (C=O) groups excluding carboxylic acids is 1. The van der Waals surface area contributed by atoms with Gasteiger partial charge < -0.3 is 14.4 Å². The van der Waals surface area contributed by atoms with E-state index in [1.54, 1.807) is 6.92 Å². The fraction of sp³-hybridized carbons (Fsp3) is 0.875. The first-order valence-electron chi connectivity index (χ1n) is 4.85. The first-order valence-corrected chi connectivity index (χ1v) is 9.36. The van der Waals surface area contributed by atoms with E-state index in [9.17, 15) is 13.6 Å². The summed E-state index contributed by atoms with van der Waals surface area (Å²) >= 11 is 0.975. The molecule has 0 aromatic heterocycles. The molecule has 2 atom stereocenters. The number of rotatable bonds is 8. The van der Waals surface area contributed by atoms with Gasteiger partial charge in [0.1, 0.15) is 5.25 Å². The van der Waals surface area contributed by atoms with Crippen LogP contribution in [0.2, 0.25) is 0 Å². The van der Waals surface area contributed by atoms with E-state index in [0.29, 0.717) is 5.75 Å². The molecule has 0 aliphatic carbocycles. The van der Waals surface area contributed by atoms with E-state index in [2.05, 4.69) is 5.32 Å². The Bertz CT molecular complexity index is 317. The van der Waals surface area contributed by atoms with Crippen molar-refractivity contribution in [3.63, 3.8) is 0 Å². The number of nitrogens with one attached hydrogen (secondary N) is 1. The van der Waals surface area contributed by atoms with Gasteiger partial charge in [-0.05, 0) is 18.3 Å². The molecule has 17 heavy (non-hydrogen) atoms. The van der Waals surface area contributed by atoms with Gasteiger partial charge in [-0.25, -0.2) is 4.57 Å². The average Bonchev–Trinajstić information content (AvgIpc) is 2.36. The lowest BCUT2D eigenvalue weighted by molar-refractivity contribution is -0.119. The molecule has 0 aromatic carbocycles. The van der Waals surface area contributed by atoms with Crippen molar-refractivity contribution in [2.24, 2.45) is 0 Å². The molecule has 0 radical (unpaired) electrons. The lowest BCUT2D eigenvalue weighted by atomic mass is 10.4. The Balaban J connectivity index is 4.10. The molecule has 0 saturated heterocycles. The summed E-state index contributed by atoms with van der Waals surface area (Å²) in [4.78, 5) is 11.2. The maximum absolute atomic E-state index is 11.7. The summed E-state index contributed by atoms with van der Waals surface area (Å²) in [5, 5.41) is 1.85. The molecule has 9 heteroatoms. The van der Waals surface area contributed by atoms with E-state index in [1.807, 2.05) is 0 Å². The fourth-order valence-electron chi connectivity index (χ4n) is 0.911. The largest absolute Gasteiger partial charge is 0.388 e. The molecular weight excluding hydrogens is 285 g/mol. The molecule has 0 unspecified atom stereocenters. The van der Waals surface area contributed by atoms with Gasteiger partial charge in [-0.1, -0.05) is 0 Å². The van der Waals surface area contributed by atoms with Gasteiger partial charge in [0, 0.05) is 43.6 Å². The van der Waals surface area contributed by atoms with Gasteiger partial charge in [0.25, 0.3) is 0 Å². The number of amides is 1. The van der Waals surface area contributed by atoms with Crippen LogP contribution in [0.4, 0.5) is 0 Å². The second kappa shape index (κ2) is 8.26. The molecule has 0 aliphatic rings. The van der Waals surface area contributed by atoms with Gasteiger partial charge in [0.15, 0.2) is 0 Å². The van der Waals surface area contributed by atoms with E-state index < -0.39 is 22.8 Å². The number of carbonyl (C=O) groups is 1. The zero-order valence-electron chi connectivity index (χ0n) is 10.3. The van der Waals surface area contributed by atoms with E-state index in [0.717, 1.165) is 11.4 Å². The van der Waals surface area contributed by atoms with Crippen molar-refractivity contribution in [1.29, 1.82) is 0 Å². The molecule has 102 valence electrons. The highest BCUT2D eigenvalue weighted by atomic mass is 32.7. The van der Waals surface area contributed by atoms with Crippen molar-refractivity contribution in [3.05, 3.63) is 0 Å². The van der Waals surface area contributed by atoms with Crippen molar-refractivity contribution in [1.82, 2.24) is 5.32 Å². The normalized spacial score (nSPS) is 15.3. The Hall–Kier alpha value is 0.120. The third kappa shape index (κ3) is 6.01. The van der Waals surface area contributed by atoms with Crippen molar-refractivity contribution in [2.75, 3.05) is 32.8 Å². The van der Waals surface area contributed by atoms with Crippen LogP contribution in [0.3, 0.4) is 0 Å². The van der Waals surface area contributed by atoms with Crippen molar-refractivity contribution < 1.29 is 22.6 Å². The minimum Gasteiger partial charge on any atom is -0.358 e. The second-order valence-electron chi connectivity index (χ2n) is 2.99. The Kier molecular flexibility index (Phi) is 8.32. The topological polar surface area (TPSA) is 81.7 Å². The van der Waals surface area contributed by atoms with Crippen molar-refractivity contribution in [3.8, 4) is 0 Å². The lowest BCUT2D eigenvalue weighted by Gasteiger charge is -2.13. The van der Waals surface area contributed by atoms with Crippen LogP contribution in [0, 0.1) is 0 Å². The number of hydrogen-bond donors (Lipinski definition) is 1. The Morgan fingerprint density at radius 3 is 2.41 bits per heavy atom. The number of hydrogen-bond acceptors (Lipinski definition) is 6. The third-order valence-corrected chi connectivity index (χ3v) is 7.85. The van der Waals surface area contributed by atoms with Crippen LogP contribution in [-0.2, 0) is 29.2 Å². The quantitative estimate of drug-likeness (QED) is 0.674. The van der Waals surface area contributed by atoms with E-state index >= 15 is 0 Å². The van der Waals surface area contributed by atoms with Crippen LogP contribution < -0.4 is 5.32 Å². The Labute approximate surface area is 108 Å². The molecule has 6 nitrogen and oxygen atoms in total. The van der Waals surface area contributed by atoms with Crippen LogP contribution in [0.1, 0.15) is 6.92 Å². The molecule has 1 amide bonds. The van der Waals surface area contributed by atoms with Crippen LogP contribution in [0.25, 0.3) is 0 Å². The maximum atomic E-state index is 11.7. The molecule has 0 aliphatic heterocycles. The van der Waals surface area contributed by atoms with Gasteiger partial charge in [0.05, 0.1) is 0 Å². The van der Waals surface area contributed by atoms with Crippen LogP contribution in [0.5, 0.6) is 0 Å². The summed E-state index contributed by atoms with van der Waals surface area (Å²) in [6, 6.07) is 0. The van der Waals surface area contributed by atoms with Gasteiger partial charge in [-0.3, -0.25) is 9.00 Å². The molecule has 0 spiro atoms. The van der Waals surface area contributed by atoms with Crippen molar-refractivity contribution in [2.45, 2.75) is 12.2 Å². The second-order valence-corrected chi connectivity index (χ2v) is 9.27. The van der Waals surface area contributed by atoms with E-state index in [4.69, 9.17) is 9.05 Å². The summed E-state index contributed by atoms with van der Waals surface area (Å²) in [7, 11) is 2.78. The fourth-order valence-corrected chi connectivity index (χ4v) is 5.13. The van der Waals surface area contributed by atoms with Gasteiger partial charge >= 0.3 is 6.80 Å². The molecular formula is C8H18NO5PS2. The molecule has 0 fully saturated rings. The Morgan fingerprint density at radius 1 is 1.47 bits per heavy atom. The van der Waals surface area contributed by atoms with Crippen LogP contribution in [-0.4, -0.2) is 48.1 Å². The predicted octanol–water partition coefficient (Wildman–Crippen LogP) is 1.00. The summed E-state index contributed by atoms with van der Waals surface area (Å²) < 4.78 is 32.7. The predicted molar refractivity (Wildman–Crippen MR) is 70.6 cm³/mol. The highest BCUT2D eigenvalue weighted by Gasteiger charge is 2.24. The van der Waals surface area contributed by atoms with Crippen LogP contribution >= 0.6 is 18.2 Å². The standard InChI is InChI=1S/C8H18NO5PS2/c1-7(8(10)9-2)17(12)6-5-16-15(11,13-3)14-4/h7H,5-6H2,1-4H3,(H,9,10)/t7-,17+/m1/s1. The minimum atomic E-state index is -3.12. The first-order chi connectivity index (χ1) is 7.90. The lowest BCUT2D eigenvalue weighted by Crippen LogP contribution is -2.34. The van der Waals surface area contributed by atoms with Gasteiger partial charge in [-0.15, -0.1) is 0 Å². The Morgan fingerprint density at radius 2 is 2.00 bits per heavy atom. The molecule has 0 heterocycles. The third-order valence-electron chi connectivity index (χ3n) is 1.99. The maximum Gasteiger partial charge on any atom is 0.388 e. The van der Waals surface area contributed by atoms with Gasteiger partial charge in [0.2, 0.25) is 5.91 Å². The summed E-state index contributed by atoms with van der Waals surface area (Å²) in [5.41, 5.74) is 0. The average molecular weight is 303 g/mol. The monoisotopic (exact) mass is 303 g/mol. The molecule has 1 N–H and O–H groups in total. The van der Waals surface area contributed by atoms with E-state index in [-0.39, 0.29) is 11.7 Å². The minimum absolute atomic E-state index is 0.260. The molecule has 0 bridgehead atoms. The highest BCUT2D eigenvalue weighted by molar-refractivity contribution is 8.55. The summed E-state index contributed by atoms with van der Waals surface area (Å²) in [6.45, 7) is -1.53. The van der Waals surface area contributed by atoms with Crippen LogP contribution in [0.15, 0.2) is 0 Å². The first kappa shape index (κ1) is 17.1. The van der Waals surface area contributed by atoms with Crippen molar-refractivity contribution >= 4 is 34.9 Å². The summed E-state index contributed by atoms with van der Waals surface area (Å²) in [6.07, 6.45) is 0. The molecule has 0 rings (SSSR count). The zero-order valence-corrected chi connectivity index (χ0v) is 12.8. The summed E-state index contributed by atoms with van der Waals surface area (Å²) in [5.74, 6) is 0.332. The molecule has 0 aromatic rings. The van der Waals surface area contributed by atoms with E-state index in [1.165, 1.54) is 21.3 Å². The highest BCUT2D eigenvalue weighted by Crippen LogP contribution is 2.59. The SMILES string of the molecule is CNC(=O)[C@@H](C)[S@@](=O)CCSP(=O)(OC)OC.